The molecule has 2 aromatic rings. The lowest BCUT2D eigenvalue weighted by Crippen LogP contribution is -2.38. The van der Waals surface area contributed by atoms with Crippen molar-refractivity contribution < 1.29 is 13.7 Å². The van der Waals surface area contributed by atoms with Gasteiger partial charge in [0.15, 0.2) is 0 Å². The van der Waals surface area contributed by atoms with Gasteiger partial charge in [0.2, 0.25) is 17.6 Å². The normalized spacial score (nSPS) is 18.5. The van der Waals surface area contributed by atoms with Gasteiger partial charge in [-0.1, -0.05) is 12.1 Å². The van der Waals surface area contributed by atoms with E-state index in [9.17, 15) is 9.18 Å². The molecule has 1 atom stereocenters. The average Bonchev–Trinajstić information content (AvgIpc) is 3.04. The largest absolute Gasteiger partial charge is 0.337 e. The van der Waals surface area contributed by atoms with Crippen molar-refractivity contribution in [3.8, 4) is 11.4 Å². The highest BCUT2D eigenvalue weighted by Crippen LogP contribution is 2.31. The molecular weight excluding hydrogens is 285 g/mol. The average molecular weight is 303 g/mol. The number of nitrogens with zero attached hydrogens (tertiary/aromatic N) is 3. The van der Waals surface area contributed by atoms with E-state index in [2.05, 4.69) is 10.1 Å². The van der Waals surface area contributed by atoms with Gasteiger partial charge in [0, 0.05) is 18.5 Å². The summed E-state index contributed by atoms with van der Waals surface area (Å²) in [7, 11) is 0. The zero-order valence-electron chi connectivity index (χ0n) is 12.5. The van der Waals surface area contributed by atoms with E-state index in [0.717, 1.165) is 25.8 Å². The van der Waals surface area contributed by atoms with Crippen molar-refractivity contribution in [3.05, 3.63) is 36.0 Å². The summed E-state index contributed by atoms with van der Waals surface area (Å²) in [5.74, 6) is 0.677. The van der Waals surface area contributed by atoms with Crippen molar-refractivity contribution in [2.24, 2.45) is 0 Å². The quantitative estimate of drug-likeness (QED) is 0.872. The Bertz CT molecular complexity index is 654. The second kappa shape index (κ2) is 6.25. The van der Waals surface area contributed by atoms with Gasteiger partial charge in [0.05, 0.1) is 0 Å². The number of likely N-dealkylation sites (tertiary alicyclic amines) is 1. The molecule has 3 rings (SSSR count). The summed E-state index contributed by atoms with van der Waals surface area (Å²) in [6.07, 6.45) is 3.33. The smallest absolute Gasteiger partial charge is 0.249 e. The summed E-state index contributed by atoms with van der Waals surface area (Å²) in [5, 5.41) is 3.96. The fourth-order valence-electron chi connectivity index (χ4n) is 2.78. The fraction of sp³-hybridized carbons (Fsp3) is 0.438. The van der Waals surface area contributed by atoms with Crippen LogP contribution >= 0.6 is 0 Å². The molecule has 2 heterocycles. The van der Waals surface area contributed by atoms with Crippen LogP contribution in [0.15, 0.2) is 28.8 Å². The number of benzene rings is 1. The van der Waals surface area contributed by atoms with Crippen LogP contribution in [0.25, 0.3) is 11.4 Å². The molecule has 0 spiro atoms. The van der Waals surface area contributed by atoms with Crippen LogP contribution in [0.3, 0.4) is 0 Å². The molecule has 1 aromatic heterocycles. The van der Waals surface area contributed by atoms with Gasteiger partial charge in [-0.25, -0.2) is 4.39 Å². The molecule has 6 heteroatoms. The van der Waals surface area contributed by atoms with E-state index in [1.165, 1.54) is 12.1 Å². The lowest BCUT2D eigenvalue weighted by atomic mass is 10.0. The Morgan fingerprint density at radius 2 is 2.14 bits per heavy atom. The van der Waals surface area contributed by atoms with Crippen molar-refractivity contribution in [1.82, 2.24) is 15.0 Å². The van der Waals surface area contributed by atoms with Crippen LogP contribution in [0.4, 0.5) is 4.39 Å². The molecule has 1 aliphatic heterocycles. The van der Waals surface area contributed by atoms with E-state index in [0.29, 0.717) is 23.7 Å². The van der Waals surface area contributed by atoms with Crippen LogP contribution < -0.4 is 0 Å². The minimum Gasteiger partial charge on any atom is -0.337 e. The van der Waals surface area contributed by atoms with Gasteiger partial charge < -0.3 is 9.42 Å². The van der Waals surface area contributed by atoms with Crippen LogP contribution in [0.5, 0.6) is 0 Å². The lowest BCUT2D eigenvalue weighted by molar-refractivity contribution is -0.135. The monoisotopic (exact) mass is 303 g/mol. The van der Waals surface area contributed by atoms with Crippen molar-refractivity contribution in [3.63, 3.8) is 0 Å². The molecule has 1 fully saturated rings. The molecule has 5 nitrogen and oxygen atoms in total. The first-order chi connectivity index (χ1) is 10.7. The number of hydrogen-bond acceptors (Lipinski definition) is 4. The number of aromatic nitrogens is 2. The van der Waals surface area contributed by atoms with Crippen molar-refractivity contribution in [2.75, 3.05) is 6.54 Å². The standard InChI is InChI=1S/C16H18FN3O2/c1-2-14(21)20-10-4-3-5-13(20)16-18-15(19-22-16)11-6-8-12(17)9-7-11/h6-9,13H,2-5,10H2,1H3. The van der Waals surface area contributed by atoms with Crippen LogP contribution in [-0.2, 0) is 4.79 Å². The van der Waals surface area contributed by atoms with Gasteiger partial charge in [-0.15, -0.1) is 0 Å². The van der Waals surface area contributed by atoms with Crippen LogP contribution in [0.1, 0.15) is 44.5 Å². The van der Waals surface area contributed by atoms with Gasteiger partial charge in [-0.05, 0) is 43.5 Å². The molecule has 1 saturated heterocycles. The van der Waals surface area contributed by atoms with Gasteiger partial charge in [0.1, 0.15) is 11.9 Å². The molecule has 0 saturated carbocycles. The second-order valence-corrected chi connectivity index (χ2v) is 5.42. The highest BCUT2D eigenvalue weighted by Gasteiger charge is 2.31. The van der Waals surface area contributed by atoms with Crippen molar-refractivity contribution >= 4 is 5.91 Å². The summed E-state index contributed by atoms with van der Waals surface area (Å²) in [6, 6.07) is 5.79. The summed E-state index contributed by atoms with van der Waals surface area (Å²) < 4.78 is 18.3. The number of carbonyl (C=O) groups is 1. The summed E-state index contributed by atoms with van der Waals surface area (Å²) in [6.45, 7) is 2.58. The molecule has 0 N–H and O–H groups in total. The molecule has 1 aromatic carbocycles. The van der Waals surface area contributed by atoms with E-state index in [-0.39, 0.29) is 17.8 Å². The maximum Gasteiger partial charge on any atom is 0.249 e. The van der Waals surface area contributed by atoms with Crippen LogP contribution in [0, 0.1) is 5.82 Å². The van der Waals surface area contributed by atoms with E-state index >= 15 is 0 Å². The molecule has 22 heavy (non-hydrogen) atoms. The van der Waals surface area contributed by atoms with Gasteiger partial charge in [0.25, 0.3) is 0 Å². The number of rotatable bonds is 3. The minimum absolute atomic E-state index is 0.103. The summed E-state index contributed by atoms with van der Waals surface area (Å²) in [4.78, 5) is 18.3. The Hall–Kier alpha value is -2.24. The van der Waals surface area contributed by atoms with Crippen molar-refractivity contribution in [2.45, 2.75) is 38.6 Å². The predicted octanol–water partition coefficient (Wildman–Crippen LogP) is 3.34. The fourth-order valence-corrected chi connectivity index (χ4v) is 2.78. The summed E-state index contributed by atoms with van der Waals surface area (Å²) in [5.41, 5.74) is 0.695. The Kier molecular flexibility index (Phi) is 4.18. The van der Waals surface area contributed by atoms with E-state index in [4.69, 9.17) is 4.52 Å². The maximum atomic E-state index is 13.0. The van der Waals surface area contributed by atoms with E-state index < -0.39 is 0 Å². The molecule has 0 radical (unpaired) electrons. The van der Waals surface area contributed by atoms with Crippen LogP contribution in [-0.4, -0.2) is 27.5 Å². The third kappa shape index (κ3) is 2.86. The highest BCUT2D eigenvalue weighted by atomic mass is 19.1. The lowest BCUT2D eigenvalue weighted by Gasteiger charge is -2.33. The van der Waals surface area contributed by atoms with Crippen molar-refractivity contribution in [1.29, 1.82) is 0 Å². The SMILES string of the molecule is CCC(=O)N1CCCCC1c1nc(-c2ccc(F)cc2)no1. The van der Waals surface area contributed by atoms with E-state index in [1.54, 1.807) is 12.1 Å². The number of halogens is 1. The predicted molar refractivity (Wildman–Crippen MR) is 78.3 cm³/mol. The Balaban J connectivity index is 1.85. The van der Waals surface area contributed by atoms with Gasteiger partial charge in [-0.3, -0.25) is 4.79 Å². The number of piperidine rings is 1. The summed E-state index contributed by atoms with van der Waals surface area (Å²) >= 11 is 0. The molecule has 1 aliphatic rings. The Morgan fingerprint density at radius 1 is 1.36 bits per heavy atom. The van der Waals surface area contributed by atoms with Crippen LogP contribution in [0.2, 0.25) is 0 Å². The topological polar surface area (TPSA) is 59.2 Å². The van der Waals surface area contributed by atoms with Gasteiger partial charge >= 0.3 is 0 Å². The Morgan fingerprint density at radius 3 is 2.86 bits per heavy atom. The first-order valence-electron chi connectivity index (χ1n) is 7.58. The molecule has 0 bridgehead atoms. The zero-order valence-corrected chi connectivity index (χ0v) is 12.5. The molecule has 1 amide bonds. The van der Waals surface area contributed by atoms with E-state index in [1.807, 2.05) is 11.8 Å². The second-order valence-electron chi connectivity index (χ2n) is 5.42. The molecular formula is C16H18FN3O2. The first-order valence-corrected chi connectivity index (χ1v) is 7.58. The third-order valence-electron chi connectivity index (χ3n) is 3.95. The minimum atomic E-state index is -0.306. The third-order valence-corrected chi connectivity index (χ3v) is 3.95. The molecule has 116 valence electrons. The molecule has 1 unspecified atom stereocenters. The molecule has 0 aliphatic carbocycles. The Labute approximate surface area is 128 Å². The highest BCUT2D eigenvalue weighted by molar-refractivity contribution is 5.76. The van der Waals surface area contributed by atoms with Gasteiger partial charge in [-0.2, -0.15) is 4.98 Å². The number of hydrogen-bond donors (Lipinski definition) is 0. The maximum absolute atomic E-state index is 13.0. The zero-order chi connectivity index (χ0) is 15.5. The number of amides is 1. The first kappa shape index (κ1) is 14.7. The number of carbonyl (C=O) groups excluding carboxylic acids is 1.